The number of Topliss-reactive ketones (excluding diaryl/α,β-unsaturated/α-hetero) is 2. The number of aromatic hydroxyl groups is 1. The monoisotopic (exact) mass is 674 g/mol. The normalized spacial score (nSPS) is 10.6. The molecule has 0 saturated heterocycles. The predicted molar refractivity (Wildman–Crippen MR) is 176 cm³/mol. The average molecular weight is 675 g/mol. The van der Waals surface area contributed by atoms with Crippen LogP contribution in [0, 0.1) is 0 Å². The summed E-state index contributed by atoms with van der Waals surface area (Å²) in [6.07, 6.45) is 0.940. The Morgan fingerprint density at radius 3 is 1.65 bits per heavy atom. The molecule has 0 unspecified atom stereocenters. The van der Waals surface area contributed by atoms with Crippen molar-refractivity contribution < 1.29 is 53.1 Å². The van der Waals surface area contributed by atoms with Crippen molar-refractivity contribution in [1.82, 2.24) is 0 Å². The molecule has 0 radical (unpaired) electrons. The highest BCUT2D eigenvalue weighted by Crippen LogP contribution is 2.38. The second-order valence-corrected chi connectivity index (χ2v) is 11.9. The van der Waals surface area contributed by atoms with Gasteiger partial charge in [-0.2, -0.15) is 0 Å². The van der Waals surface area contributed by atoms with Gasteiger partial charge in [0.15, 0.2) is 34.6 Å². The zero-order valence-electron chi connectivity index (χ0n) is 26.2. The van der Waals surface area contributed by atoms with E-state index in [1.165, 1.54) is 29.8 Å². The number of hydrogen-bond acceptors (Lipinski definition) is 13. The van der Waals surface area contributed by atoms with Crippen LogP contribution in [0.4, 0.5) is 0 Å². The molecule has 46 heavy (non-hydrogen) atoms. The highest BCUT2D eigenvalue weighted by atomic mass is 32.1. The minimum absolute atomic E-state index is 0.0355. The predicted octanol–water partition coefficient (Wildman–Crippen LogP) is 6.34. The highest BCUT2D eigenvalue weighted by Gasteiger charge is 2.17. The van der Waals surface area contributed by atoms with Gasteiger partial charge in [0.1, 0.15) is 0 Å². The van der Waals surface area contributed by atoms with Gasteiger partial charge in [0, 0.05) is 47.4 Å². The van der Waals surface area contributed by atoms with Crippen LogP contribution >= 0.6 is 22.7 Å². The van der Waals surface area contributed by atoms with Crippen molar-refractivity contribution in [3.63, 3.8) is 0 Å². The lowest BCUT2D eigenvalue weighted by atomic mass is 10.1. The maximum atomic E-state index is 12.3. The van der Waals surface area contributed by atoms with Crippen molar-refractivity contribution in [2.45, 2.75) is 46.0 Å². The SMILES string of the molecule is CCOC(=O)CCC(=O)c1cc2cc(O)c(OC)cc2s1.CCOC(=O)CCC(=O)c1cc2cc(OCCCO)c(OC)cc2s1. The van der Waals surface area contributed by atoms with E-state index >= 15 is 0 Å². The molecule has 13 heteroatoms. The van der Waals surface area contributed by atoms with Crippen molar-refractivity contribution in [3.8, 4) is 23.0 Å². The van der Waals surface area contributed by atoms with Gasteiger partial charge in [0.05, 0.1) is 56.6 Å². The number of aliphatic hydroxyl groups is 1. The van der Waals surface area contributed by atoms with E-state index in [4.69, 9.17) is 28.8 Å². The molecule has 0 spiro atoms. The fourth-order valence-electron chi connectivity index (χ4n) is 4.20. The fraction of sp³-hybridized carbons (Fsp3) is 0.394. The lowest BCUT2D eigenvalue weighted by Gasteiger charge is -2.10. The van der Waals surface area contributed by atoms with Gasteiger partial charge in [-0.15, -0.1) is 22.7 Å². The van der Waals surface area contributed by atoms with Gasteiger partial charge in [-0.1, -0.05) is 0 Å². The van der Waals surface area contributed by atoms with Gasteiger partial charge >= 0.3 is 11.9 Å². The van der Waals surface area contributed by atoms with E-state index in [1.807, 2.05) is 12.1 Å². The number of fused-ring (bicyclic) bond motifs is 2. The van der Waals surface area contributed by atoms with Gasteiger partial charge in [0.25, 0.3) is 0 Å². The van der Waals surface area contributed by atoms with E-state index < -0.39 is 0 Å². The van der Waals surface area contributed by atoms with Crippen molar-refractivity contribution in [1.29, 1.82) is 0 Å². The number of carbonyl (C=O) groups is 4. The summed E-state index contributed by atoms with van der Waals surface area (Å²) in [6.45, 7) is 4.53. The number of benzene rings is 2. The molecule has 0 bridgehead atoms. The number of aliphatic hydroxyl groups excluding tert-OH is 1. The van der Waals surface area contributed by atoms with E-state index in [0.29, 0.717) is 53.2 Å². The lowest BCUT2D eigenvalue weighted by molar-refractivity contribution is -0.143. The van der Waals surface area contributed by atoms with Crippen molar-refractivity contribution >= 4 is 66.4 Å². The van der Waals surface area contributed by atoms with Crippen LogP contribution < -0.4 is 14.2 Å². The summed E-state index contributed by atoms with van der Waals surface area (Å²) >= 11 is 2.68. The minimum atomic E-state index is -0.369. The molecule has 0 aliphatic heterocycles. The van der Waals surface area contributed by atoms with Crippen molar-refractivity contribution in [3.05, 3.63) is 46.2 Å². The number of ketones is 2. The molecule has 0 aliphatic rings. The quantitative estimate of drug-likeness (QED) is 0.0777. The molecule has 4 rings (SSSR count). The van der Waals surface area contributed by atoms with E-state index in [1.54, 1.807) is 45.2 Å². The first kappa shape index (κ1) is 36.3. The number of phenolic OH excluding ortho intramolecular Hbond substituents is 1. The summed E-state index contributed by atoms with van der Waals surface area (Å²) in [5.41, 5.74) is 0. The molecule has 2 aromatic carbocycles. The first-order valence-electron chi connectivity index (χ1n) is 14.7. The van der Waals surface area contributed by atoms with E-state index in [2.05, 4.69) is 0 Å². The molecule has 2 aromatic heterocycles. The molecule has 0 amide bonds. The molecule has 0 saturated carbocycles. The van der Waals surface area contributed by atoms with Crippen LogP contribution in [0.25, 0.3) is 20.2 Å². The Morgan fingerprint density at radius 1 is 0.674 bits per heavy atom. The van der Waals surface area contributed by atoms with Crippen LogP contribution in [0.2, 0.25) is 0 Å². The number of hydrogen-bond donors (Lipinski definition) is 2. The van der Waals surface area contributed by atoms with Crippen LogP contribution in [0.5, 0.6) is 23.0 Å². The summed E-state index contributed by atoms with van der Waals surface area (Å²) in [5.74, 6) is 0.635. The Labute approximate surface area is 274 Å². The van der Waals surface area contributed by atoms with E-state index in [9.17, 15) is 24.3 Å². The van der Waals surface area contributed by atoms with Gasteiger partial charge in [0.2, 0.25) is 0 Å². The molecule has 2 N–H and O–H groups in total. The summed E-state index contributed by atoms with van der Waals surface area (Å²) in [5, 5.41) is 20.2. The lowest BCUT2D eigenvalue weighted by Crippen LogP contribution is -2.07. The van der Waals surface area contributed by atoms with Crippen LogP contribution in [0.1, 0.15) is 65.3 Å². The molecule has 0 atom stereocenters. The average Bonchev–Trinajstić information content (AvgIpc) is 3.66. The number of phenols is 1. The smallest absolute Gasteiger partial charge is 0.306 e. The van der Waals surface area contributed by atoms with Crippen molar-refractivity contribution in [2.75, 3.05) is 40.6 Å². The third kappa shape index (κ3) is 10.2. The zero-order chi connectivity index (χ0) is 33.6. The second-order valence-electron chi connectivity index (χ2n) is 9.71. The van der Waals surface area contributed by atoms with Gasteiger partial charge in [-0.25, -0.2) is 0 Å². The van der Waals surface area contributed by atoms with Gasteiger partial charge in [-0.05, 0) is 48.9 Å². The molecule has 0 fully saturated rings. The Kier molecular flexibility index (Phi) is 14.2. The number of thiophene rings is 2. The Hall–Kier alpha value is -4.20. The second kappa shape index (κ2) is 18.1. The molecular formula is C33H38O11S2. The van der Waals surface area contributed by atoms with Crippen LogP contribution in [0.3, 0.4) is 0 Å². The van der Waals surface area contributed by atoms with E-state index in [-0.39, 0.29) is 61.5 Å². The summed E-state index contributed by atoms with van der Waals surface area (Å²) in [6, 6.07) is 10.4. The number of ether oxygens (including phenoxy) is 5. The maximum Gasteiger partial charge on any atom is 0.306 e. The maximum absolute atomic E-state index is 12.3. The fourth-order valence-corrected chi connectivity index (χ4v) is 6.29. The van der Waals surface area contributed by atoms with E-state index in [0.717, 1.165) is 20.2 Å². The first-order chi connectivity index (χ1) is 22.1. The Morgan fingerprint density at radius 2 is 1.17 bits per heavy atom. The molecule has 4 aromatic rings. The van der Waals surface area contributed by atoms with Gasteiger partial charge < -0.3 is 33.9 Å². The van der Waals surface area contributed by atoms with Gasteiger partial charge in [-0.3, -0.25) is 19.2 Å². The van der Waals surface area contributed by atoms with Crippen LogP contribution in [-0.2, 0) is 19.1 Å². The first-order valence-corrected chi connectivity index (χ1v) is 16.3. The van der Waals surface area contributed by atoms with Crippen LogP contribution in [-0.4, -0.2) is 74.4 Å². The topological polar surface area (TPSA) is 155 Å². The molecule has 248 valence electrons. The molecule has 2 heterocycles. The minimum Gasteiger partial charge on any atom is -0.504 e. The summed E-state index contributed by atoms with van der Waals surface area (Å²) in [7, 11) is 3.03. The largest absolute Gasteiger partial charge is 0.504 e. The molecule has 0 aliphatic carbocycles. The number of carbonyl (C=O) groups excluding carboxylic acids is 4. The zero-order valence-corrected chi connectivity index (χ0v) is 27.8. The standard InChI is InChI=1S/C18H22O6S.C15H16O5S/c1-3-23-18(21)6-5-13(20)17-10-12-9-15(24-8-4-7-19)14(22-2)11-16(12)25-17;1-3-20-15(18)5-4-10(16)14-7-9-6-11(17)12(19-2)8-13(9)21-14/h9-11,19H,3-8H2,1-2H3;6-8,17H,3-5H2,1-2H3. The Balaban J connectivity index is 0.000000254. The molecular weight excluding hydrogens is 636 g/mol. The number of esters is 2. The molecule has 11 nitrogen and oxygen atoms in total. The number of rotatable bonds is 16. The summed E-state index contributed by atoms with van der Waals surface area (Å²) in [4.78, 5) is 48.1. The van der Waals surface area contributed by atoms with Crippen LogP contribution in [0.15, 0.2) is 36.4 Å². The summed E-state index contributed by atoms with van der Waals surface area (Å²) < 4.78 is 27.4. The third-order valence-corrected chi connectivity index (χ3v) is 8.73. The Bertz CT molecular complexity index is 1650. The third-order valence-electron chi connectivity index (χ3n) is 6.45. The van der Waals surface area contributed by atoms with Crippen molar-refractivity contribution in [2.24, 2.45) is 0 Å². The highest BCUT2D eigenvalue weighted by molar-refractivity contribution is 7.21. The number of methoxy groups -OCH3 is 2.